The number of rotatable bonds is 4. The van der Waals surface area contributed by atoms with Crippen molar-refractivity contribution in [1.29, 1.82) is 0 Å². The molecule has 1 aliphatic heterocycles. The standard InChI is InChI=1S/C15H22ClN3O2/c1-12(13-4-2-3-5-14(13)16)17-15(21)19-8-6-18(7-9-19)10-11-20/h2-5,12,20H,6-11H2,1H3,(H,17,21). The molecular formula is C15H22ClN3O2. The Bertz CT molecular complexity index is 476. The summed E-state index contributed by atoms with van der Waals surface area (Å²) in [6.45, 7) is 5.73. The van der Waals surface area contributed by atoms with Crippen LogP contribution in [-0.4, -0.2) is 60.3 Å². The van der Waals surface area contributed by atoms with E-state index in [1.165, 1.54) is 0 Å². The molecule has 2 N–H and O–H groups in total. The normalized spacial score (nSPS) is 17.6. The molecule has 0 radical (unpaired) electrons. The van der Waals surface area contributed by atoms with E-state index in [0.717, 1.165) is 18.7 Å². The van der Waals surface area contributed by atoms with Gasteiger partial charge in [-0.2, -0.15) is 0 Å². The largest absolute Gasteiger partial charge is 0.395 e. The Morgan fingerprint density at radius 1 is 1.33 bits per heavy atom. The van der Waals surface area contributed by atoms with Crippen LogP contribution in [0.5, 0.6) is 0 Å². The van der Waals surface area contributed by atoms with Gasteiger partial charge in [0.15, 0.2) is 0 Å². The zero-order valence-electron chi connectivity index (χ0n) is 12.3. The number of urea groups is 1. The average Bonchev–Trinajstić information content (AvgIpc) is 2.48. The van der Waals surface area contributed by atoms with Crippen molar-refractivity contribution in [2.24, 2.45) is 0 Å². The summed E-state index contributed by atoms with van der Waals surface area (Å²) in [5, 5.41) is 12.6. The quantitative estimate of drug-likeness (QED) is 0.890. The summed E-state index contributed by atoms with van der Waals surface area (Å²) in [7, 11) is 0. The molecule has 1 heterocycles. The zero-order chi connectivity index (χ0) is 15.2. The molecule has 0 saturated carbocycles. The number of aliphatic hydroxyl groups is 1. The van der Waals surface area contributed by atoms with Gasteiger partial charge in [0, 0.05) is 37.7 Å². The van der Waals surface area contributed by atoms with Crippen molar-refractivity contribution in [3.05, 3.63) is 34.9 Å². The predicted molar refractivity (Wildman–Crippen MR) is 83.5 cm³/mol. The molecule has 0 bridgehead atoms. The number of carbonyl (C=O) groups excluding carboxylic acids is 1. The minimum Gasteiger partial charge on any atom is -0.395 e. The van der Waals surface area contributed by atoms with Crippen molar-refractivity contribution in [2.75, 3.05) is 39.3 Å². The summed E-state index contributed by atoms with van der Waals surface area (Å²) in [5.41, 5.74) is 0.923. The maximum atomic E-state index is 12.3. The number of nitrogens with one attached hydrogen (secondary N) is 1. The van der Waals surface area contributed by atoms with E-state index in [0.29, 0.717) is 24.7 Å². The fourth-order valence-corrected chi connectivity index (χ4v) is 2.80. The van der Waals surface area contributed by atoms with Gasteiger partial charge >= 0.3 is 6.03 Å². The van der Waals surface area contributed by atoms with Crippen LogP contribution < -0.4 is 5.32 Å². The maximum absolute atomic E-state index is 12.3. The fraction of sp³-hybridized carbons (Fsp3) is 0.533. The van der Waals surface area contributed by atoms with Gasteiger partial charge in [0.1, 0.15) is 0 Å². The number of hydrogen-bond donors (Lipinski definition) is 2. The van der Waals surface area contributed by atoms with Gasteiger partial charge in [-0.25, -0.2) is 4.79 Å². The van der Waals surface area contributed by atoms with Crippen molar-refractivity contribution >= 4 is 17.6 Å². The molecule has 1 fully saturated rings. The summed E-state index contributed by atoms with van der Waals surface area (Å²) < 4.78 is 0. The topological polar surface area (TPSA) is 55.8 Å². The number of piperazine rings is 1. The van der Waals surface area contributed by atoms with Crippen LogP contribution in [0.3, 0.4) is 0 Å². The molecule has 1 aliphatic rings. The monoisotopic (exact) mass is 311 g/mol. The van der Waals surface area contributed by atoms with Crippen LogP contribution in [0.1, 0.15) is 18.5 Å². The Kier molecular flexibility index (Phi) is 5.85. The van der Waals surface area contributed by atoms with Gasteiger partial charge in [0.05, 0.1) is 12.6 Å². The van der Waals surface area contributed by atoms with Gasteiger partial charge in [-0.3, -0.25) is 4.90 Å². The number of nitrogens with zero attached hydrogens (tertiary/aromatic N) is 2. The van der Waals surface area contributed by atoms with Crippen LogP contribution in [-0.2, 0) is 0 Å². The Labute approximate surface area is 130 Å². The van der Waals surface area contributed by atoms with Gasteiger partial charge in [-0.15, -0.1) is 0 Å². The maximum Gasteiger partial charge on any atom is 0.317 e. The molecule has 1 atom stereocenters. The lowest BCUT2D eigenvalue weighted by Gasteiger charge is -2.35. The van der Waals surface area contributed by atoms with Crippen molar-refractivity contribution < 1.29 is 9.90 Å². The van der Waals surface area contributed by atoms with Gasteiger partial charge < -0.3 is 15.3 Å². The Morgan fingerprint density at radius 2 is 2.00 bits per heavy atom. The van der Waals surface area contributed by atoms with Gasteiger partial charge in [0.25, 0.3) is 0 Å². The third-order valence-electron chi connectivity index (χ3n) is 3.79. The molecule has 1 aromatic rings. The summed E-state index contributed by atoms with van der Waals surface area (Å²) in [6.07, 6.45) is 0. The Hall–Kier alpha value is -1.30. The fourth-order valence-electron chi connectivity index (χ4n) is 2.50. The van der Waals surface area contributed by atoms with E-state index in [1.807, 2.05) is 31.2 Å². The second kappa shape index (κ2) is 7.64. The van der Waals surface area contributed by atoms with E-state index in [2.05, 4.69) is 10.2 Å². The highest BCUT2D eigenvalue weighted by Crippen LogP contribution is 2.22. The molecule has 6 heteroatoms. The second-order valence-corrected chi connectivity index (χ2v) is 5.65. The SMILES string of the molecule is CC(NC(=O)N1CCN(CCO)CC1)c1ccccc1Cl. The predicted octanol–water partition coefficient (Wildman–Crippen LogP) is 1.72. The summed E-state index contributed by atoms with van der Waals surface area (Å²) in [4.78, 5) is 16.2. The summed E-state index contributed by atoms with van der Waals surface area (Å²) in [6, 6.07) is 7.35. The Morgan fingerprint density at radius 3 is 2.62 bits per heavy atom. The van der Waals surface area contributed by atoms with Gasteiger partial charge in [-0.05, 0) is 18.6 Å². The molecule has 0 aromatic heterocycles. The lowest BCUT2D eigenvalue weighted by Crippen LogP contribution is -2.52. The summed E-state index contributed by atoms with van der Waals surface area (Å²) in [5.74, 6) is 0. The molecule has 0 spiro atoms. The van der Waals surface area contributed by atoms with Crippen LogP contribution in [0.25, 0.3) is 0 Å². The second-order valence-electron chi connectivity index (χ2n) is 5.24. The lowest BCUT2D eigenvalue weighted by atomic mass is 10.1. The first-order chi connectivity index (χ1) is 10.1. The molecule has 1 unspecified atom stereocenters. The molecule has 5 nitrogen and oxygen atoms in total. The van der Waals surface area contributed by atoms with Crippen LogP contribution in [0, 0.1) is 0 Å². The Balaban J connectivity index is 1.86. The molecule has 2 amide bonds. The molecule has 1 aromatic carbocycles. The number of halogens is 1. The van der Waals surface area contributed by atoms with E-state index < -0.39 is 0 Å². The molecular weight excluding hydrogens is 290 g/mol. The van der Waals surface area contributed by atoms with Crippen molar-refractivity contribution in [1.82, 2.24) is 15.1 Å². The van der Waals surface area contributed by atoms with E-state index in [-0.39, 0.29) is 18.7 Å². The molecule has 116 valence electrons. The molecule has 1 saturated heterocycles. The highest BCUT2D eigenvalue weighted by atomic mass is 35.5. The van der Waals surface area contributed by atoms with Crippen LogP contribution in [0.2, 0.25) is 5.02 Å². The van der Waals surface area contributed by atoms with E-state index >= 15 is 0 Å². The smallest absolute Gasteiger partial charge is 0.317 e. The number of amides is 2. The van der Waals surface area contributed by atoms with Crippen molar-refractivity contribution in [3.63, 3.8) is 0 Å². The highest BCUT2D eigenvalue weighted by molar-refractivity contribution is 6.31. The third-order valence-corrected chi connectivity index (χ3v) is 4.13. The van der Waals surface area contributed by atoms with Crippen LogP contribution in [0.4, 0.5) is 4.79 Å². The first-order valence-corrected chi connectivity index (χ1v) is 7.62. The molecule has 0 aliphatic carbocycles. The van der Waals surface area contributed by atoms with E-state index in [9.17, 15) is 4.79 Å². The first kappa shape index (κ1) is 16.1. The number of benzene rings is 1. The highest BCUT2D eigenvalue weighted by Gasteiger charge is 2.22. The minimum atomic E-state index is -0.123. The van der Waals surface area contributed by atoms with Crippen molar-refractivity contribution in [3.8, 4) is 0 Å². The van der Waals surface area contributed by atoms with E-state index in [4.69, 9.17) is 16.7 Å². The van der Waals surface area contributed by atoms with Crippen LogP contribution in [0.15, 0.2) is 24.3 Å². The summed E-state index contributed by atoms with van der Waals surface area (Å²) >= 11 is 6.15. The van der Waals surface area contributed by atoms with Gasteiger partial charge in [-0.1, -0.05) is 29.8 Å². The number of β-amino-alcohol motifs (C(OH)–C–C–N with tert-alkyl or cyclic N) is 1. The third kappa shape index (κ3) is 4.33. The molecule has 21 heavy (non-hydrogen) atoms. The van der Waals surface area contributed by atoms with E-state index in [1.54, 1.807) is 4.90 Å². The zero-order valence-corrected chi connectivity index (χ0v) is 13.0. The number of aliphatic hydroxyl groups excluding tert-OH is 1. The van der Waals surface area contributed by atoms with Gasteiger partial charge in [0.2, 0.25) is 0 Å². The number of hydrogen-bond acceptors (Lipinski definition) is 3. The average molecular weight is 312 g/mol. The first-order valence-electron chi connectivity index (χ1n) is 7.25. The van der Waals surface area contributed by atoms with Crippen LogP contribution >= 0.6 is 11.6 Å². The number of carbonyl (C=O) groups is 1. The minimum absolute atomic E-state index is 0.0638. The molecule has 2 rings (SSSR count). The lowest BCUT2D eigenvalue weighted by molar-refractivity contribution is 0.121. The van der Waals surface area contributed by atoms with Crippen molar-refractivity contribution in [2.45, 2.75) is 13.0 Å².